The Balaban J connectivity index is 2.67. The number of halogens is 1. The summed E-state index contributed by atoms with van der Waals surface area (Å²) in [6, 6.07) is 4.24. The van der Waals surface area contributed by atoms with E-state index in [1.807, 2.05) is 0 Å². The van der Waals surface area contributed by atoms with E-state index < -0.39 is 17.6 Å². The molecule has 1 aromatic rings. The molecule has 17 heavy (non-hydrogen) atoms. The van der Waals surface area contributed by atoms with E-state index in [1.165, 1.54) is 12.1 Å². The monoisotopic (exact) mass is 239 g/mol. The van der Waals surface area contributed by atoms with Crippen molar-refractivity contribution in [1.82, 2.24) is 5.32 Å². The van der Waals surface area contributed by atoms with Gasteiger partial charge in [-0.15, -0.1) is 0 Å². The van der Waals surface area contributed by atoms with Gasteiger partial charge in [-0.25, -0.2) is 4.39 Å². The van der Waals surface area contributed by atoms with Crippen LogP contribution in [0.2, 0.25) is 0 Å². The summed E-state index contributed by atoms with van der Waals surface area (Å²) >= 11 is 0. The van der Waals surface area contributed by atoms with E-state index in [0.29, 0.717) is 0 Å². The van der Waals surface area contributed by atoms with Crippen LogP contribution in [0.15, 0.2) is 18.2 Å². The van der Waals surface area contributed by atoms with Gasteiger partial charge in [0, 0.05) is 13.1 Å². The predicted octanol–water partition coefficient (Wildman–Crippen LogP) is 0.148. The lowest BCUT2D eigenvalue weighted by molar-refractivity contribution is -0.136. The van der Waals surface area contributed by atoms with Gasteiger partial charge in [0.15, 0.2) is 0 Å². The van der Waals surface area contributed by atoms with E-state index in [4.69, 9.17) is 5.73 Å². The largest absolute Gasteiger partial charge is 0.347 e. The predicted molar refractivity (Wildman–Crippen MR) is 61.8 cm³/mol. The summed E-state index contributed by atoms with van der Waals surface area (Å²) < 4.78 is 13.3. The number of nitrogens with one attached hydrogen (secondary N) is 2. The molecule has 2 amide bonds. The lowest BCUT2D eigenvalue weighted by Crippen LogP contribution is -2.38. The van der Waals surface area contributed by atoms with Crippen molar-refractivity contribution in [3.05, 3.63) is 29.6 Å². The van der Waals surface area contributed by atoms with Gasteiger partial charge in [-0.2, -0.15) is 0 Å². The van der Waals surface area contributed by atoms with Gasteiger partial charge in [0.1, 0.15) is 5.82 Å². The number of amides is 2. The number of nitrogens with two attached hydrogens (primary N) is 1. The highest BCUT2D eigenvalue weighted by Gasteiger charge is 2.14. The molecule has 0 radical (unpaired) electrons. The van der Waals surface area contributed by atoms with E-state index in [0.717, 1.165) is 5.56 Å². The van der Waals surface area contributed by atoms with Crippen molar-refractivity contribution >= 4 is 17.5 Å². The Morgan fingerprint density at radius 1 is 1.35 bits per heavy atom. The third-order valence-corrected chi connectivity index (χ3v) is 2.01. The summed E-state index contributed by atoms with van der Waals surface area (Å²) in [6.07, 6.45) is 0. The van der Waals surface area contributed by atoms with Crippen molar-refractivity contribution in [2.45, 2.75) is 6.92 Å². The molecule has 4 N–H and O–H groups in total. The number of hydrogen-bond donors (Lipinski definition) is 3. The standard InChI is InChI=1S/C11H14FN3O2/c1-7-2-3-8(12)9(6-7)15-11(17)10(16)14-5-4-13/h2-3,6H,4-5,13H2,1H3,(H,14,16)(H,15,17). The Morgan fingerprint density at radius 3 is 2.71 bits per heavy atom. The molecule has 0 heterocycles. The Bertz CT molecular complexity index is 435. The van der Waals surface area contributed by atoms with Gasteiger partial charge in [-0.1, -0.05) is 6.07 Å². The number of carbonyl (C=O) groups excluding carboxylic acids is 2. The van der Waals surface area contributed by atoms with E-state index in [2.05, 4.69) is 10.6 Å². The lowest BCUT2D eigenvalue weighted by Gasteiger charge is -2.07. The molecule has 0 aliphatic heterocycles. The van der Waals surface area contributed by atoms with Crippen LogP contribution in [0.1, 0.15) is 5.56 Å². The first kappa shape index (κ1) is 13.1. The van der Waals surface area contributed by atoms with Crippen molar-refractivity contribution in [3.63, 3.8) is 0 Å². The van der Waals surface area contributed by atoms with Gasteiger partial charge >= 0.3 is 11.8 Å². The first-order valence-electron chi connectivity index (χ1n) is 5.10. The van der Waals surface area contributed by atoms with Gasteiger partial charge in [-0.3, -0.25) is 9.59 Å². The Kier molecular flexibility index (Phi) is 4.59. The maximum atomic E-state index is 13.3. The second kappa shape index (κ2) is 5.95. The molecule has 6 heteroatoms. The normalized spacial score (nSPS) is 9.82. The number of rotatable bonds is 3. The quantitative estimate of drug-likeness (QED) is 0.656. The van der Waals surface area contributed by atoms with Crippen LogP contribution in [0, 0.1) is 12.7 Å². The minimum Gasteiger partial charge on any atom is -0.347 e. The number of hydrogen-bond acceptors (Lipinski definition) is 3. The van der Waals surface area contributed by atoms with E-state index in [-0.39, 0.29) is 18.8 Å². The molecule has 0 spiro atoms. The fourth-order valence-electron chi connectivity index (χ4n) is 1.18. The van der Waals surface area contributed by atoms with Gasteiger partial charge in [-0.05, 0) is 24.6 Å². The third-order valence-electron chi connectivity index (χ3n) is 2.01. The fourth-order valence-corrected chi connectivity index (χ4v) is 1.18. The summed E-state index contributed by atoms with van der Waals surface area (Å²) in [4.78, 5) is 22.6. The molecule has 0 saturated heterocycles. The first-order valence-corrected chi connectivity index (χ1v) is 5.10. The van der Waals surface area contributed by atoms with Crippen LogP contribution in [0.25, 0.3) is 0 Å². The molecule has 1 rings (SSSR count). The topological polar surface area (TPSA) is 84.2 Å². The van der Waals surface area contributed by atoms with Gasteiger partial charge < -0.3 is 16.4 Å². The maximum Gasteiger partial charge on any atom is 0.313 e. The van der Waals surface area contributed by atoms with Crippen LogP contribution in [-0.4, -0.2) is 24.9 Å². The van der Waals surface area contributed by atoms with E-state index >= 15 is 0 Å². The van der Waals surface area contributed by atoms with Crippen molar-refractivity contribution in [2.75, 3.05) is 18.4 Å². The summed E-state index contributed by atoms with van der Waals surface area (Å²) in [5, 5.41) is 4.48. The van der Waals surface area contributed by atoms with Crippen LogP contribution < -0.4 is 16.4 Å². The Labute approximate surface area is 98.2 Å². The third kappa shape index (κ3) is 3.84. The zero-order valence-corrected chi connectivity index (χ0v) is 9.42. The summed E-state index contributed by atoms with van der Waals surface area (Å²) in [5.41, 5.74) is 5.93. The molecule has 0 atom stereocenters. The second-order valence-electron chi connectivity index (χ2n) is 3.48. The molecule has 0 aromatic heterocycles. The molecule has 0 unspecified atom stereocenters. The average molecular weight is 239 g/mol. The summed E-state index contributed by atoms with van der Waals surface area (Å²) in [5.74, 6) is -2.34. The molecule has 0 aliphatic rings. The van der Waals surface area contributed by atoms with Crippen LogP contribution in [0.3, 0.4) is 0 Å². The summed E-state index contributed by atoms with van der Waals surface area (Å²) in [6.45, 7) is 2.18. The zero-order chi connectivity index (χ0) is 12.8. The molecule has 1 aromatic carbocycles. The molecule has 5 nitrogen and oxygen atoms in total. The van der Waals surface area contributed by atoms with Gasteiger partial charge in [0.05, 0.1) is 5.69 Å². The van der Waals surface area contributed by atoms with Crippen LogP contribution in [0.4, 0.5) is 10.1 Å². The number of benzene rings is 1. The average Bonchev–Trinajstić information content (AvgIpc) is 2.30. The maximum absolute atomic E-state index is 13.3. The molecule has 92 valence electrons. The highest BCUT2D eigenvalue weighted by Crippen LogP contribution is 2.15. The van der Waals surface area contributed by atoms with E-state index in [9.17, 15) is 14.0 Å². The molecule has 0 saturated carbocycles. The highest BCUT2D eigenvalue weighted by atomic mass is 19.1. The molecular weight excluding hydrogens is 225 g/mol. The van der Waals surface area contributed by atoms with Crippen LogP contribution in [-0.2, 0) is 9.59 Å². The first-order chi connectivity index (χ1) is 8.04. The molecule has 0 bridgehead atoms. The van der Waals surface area contributed by atoms with Gasteiger partial charge in [0.2, 0.25) is 0 Å². The van der Waals surface area contributed by atoms with Crippen molar-refractivity contribution in [2.24, 2.45) is 5.73 Å². The van der Waals surface area contributed by atoms with E-state index in [1.54, 1.807) is 13.0 Å². The Hall–Kier alpha value is -1.95. The van der Waals surface area contributed by atoms with Crippen LogP contribution in [0.5, 0.6) is 0 Å². The fraction of sp³-hybridized carbons (Fsp3) is 0.273. The number of carbonyl (C=O) groups is 2. The molecule has 0 fully saturated rings. The molecule has 0 aliphatic carbocycles. The minimum absolute atomic E-state index is 0.0158. The Morgan fingerprint density at radius 2 is 2.06 bits per heavy atom. The smallest absolute Gasteiger partial charge is 0.313 e. The summed E-state index contributed by atoms with van der Waals surface area (Å²) in [7, 11) is 0. The SMILES string of the molecule is Cc1ccc(F)c(NC(=O)C(=O)NCCN)c1. The van der Waals surface area contributed by atoms with Crippen molar-refractivity contribution in [1.29, 1.82) is 0 Å². The van der Waals surface area contributed by atoms with Crippen molar-refractivity contribution in [3.8, 4) is 0 Å². The molecular formula is C11H14FN3O2. The van der Waals surface area contributed by atoms with Crippen molar-refractivity contribution < 1.29 is 14.0 Å². The zero-order valence-electron chi connectivity index (χ0n) is 9.42. The number of aryl methyl sites for hydroxylation is 1. The van der Waals surface area contributed by atoms with Crippen LogP contribution >= 0.6 is 0 Å². The number of anilines is 1. The lowest BCUT2D eigenvalue weighted by atomic mass is 10.2. The highest BCUT2D eigenvalue weighted by molar-refractivity contribution is 6.39. The second-order valence-corrected chi connectivity index (χ2v) is 3.48. The van der Waals surface area contributed by atoms with Gasteiger partial charge in [0.25, 0.3) is 0 Å². The minimum atomic E-state index is -0.914.